The van der Waals surface area contributed by atoms with Gasteiger partial charge >= 0.3 is 0 Å². The second-order valence-corrected chi connectivity index (χ2v) is 5.05. The average Bonchev–Trinajstić information content (AvgIpc) is 2.30. The Labute approximate surface area is 102 Å². The number of piperidine rings is 1. The average molecular weight is 237 g/mol. The molecule has 0 aliphatic carbocycles. The normalized spacial score (nSPS) is 21.2. The van der Waals surface area contributed by atoms with Crippen molar-refractivity contribution in [3.05, 3.63) is 29.8 Å². The number of benzene rings is 1. The lowest BCUT2D eigenvalue weighted by molar-refractivity contribution is 0.152. The van der Waals surface area contributed by atoms with Gasteiger partial charge in [-0.1, -0.05) is 18.2 Å². The van der Waals surface area contributed by atoms with Crippen LogP contribution in [0, 0.1) is 0 Å². The molecular formula is C14H20FNO. The zero-order valence-corrected chi connectivity index (χ0v) is 10.5. The third-order valence-electron chi connectivity index (χ3n) is 3.07. The highest BCUT2D eigenvalue weighted by Gasteiger charge is 2.24. The highest BCUT2D eigenvalue weighted by molar-refractivity contribution is 5.37. The van der Waals surface area contributed by atoms with Crippen LogP contribution in [-0.2, 0) is 5.67 Å². The maximum absolute atomic E-state index is 14.0. The fourth-order valence-electron chi connectivity index (χ4n) is 2.16. The number of alkyl halides is 1. The Hall–Kier alpha value is -1.09. The summed E-state index contributed by atoms with van der Waals surface area (Å²) in [5, 5.41) is 3.29. The Morgan fingerprint density at radius 3 is 2.76 bits per heavy atom. The molecule has 0 radical (unpaired) electrons. The molecule has 2 rings (SSSR count). The lowest BCUT2D eigenvalue weighted by Gasteiger charge is -2.27. The first-order valence-electron chi connectivity index (χ1n) is 6.23. The van der Waals surface area contributed by atoms with E-state index in [0.29, 0.717) is 11.3 Å². The van der Waals surface area contributed by atoms with Crippen LogP contribution >= 0.6 is 0 Å². The van der Waals surface area contributed by atoms with E-state index >= 15 is 0 Å². The largest absolute Gasteiger partial charge is 0.489 e. The number of rotatable bonds is 3. The second-order valence-electron chi connectivity index (χ2n) is 5.05. The summed E-state index contributed by atoms with van der Waals surface area (Å²) in [7, 11) is 0. The summed E-state index contributed by atoms with van der Waals surface area (Å²) in [4.78, 5) is 0. The first-order valence-corrected chi connectivity index (χ1v) is 6.23. The molecule has 1 atom stereocenters. The molecular weight excluding hydrogens is 217 g/mol. The van der Waals surface area contributed by atoms with Crippen LogP contribution in [-0.4, -0.2) is 19.2 Å². The Bertz CT molecular complexity index is 367. The van der Waals surface area contributed by atoms with Crippen molar-refractivity contribution in [1.29, 1.82) is 0 Å². The summed E-state index contributed by atoms with van der Waals surface area (Å²) >= 11 is 0. The lowest BCUT2D eigenvalue weighted by atomic mass is 9.99. The van der Waals surface area contributed by atoms with E-state index in [9.17, 15) is 4.39 Å². The summed E-state index contributed by atoms with van der Waals surface area (Å²) in [5.74, 6) is 0.675. The van der Waals surface area contributed by atoms with Crippen LogP contribution < -0.4 is 10.1 Å². The highest BCUT2D eigenvalue weighted by Crippen LogP contribution is 2.33. The molecule has 0 amide bonds. The minimum atomic E-state index is -1.36. The van der Waals surface area contributed by atoms with Gasteiger partial charge < -0.3 is 10.1 Å². The van der Waals surface area contributed by atoms with E-state index in [1.54, 1.807) is 19.9 Å². The second kappa shape index (κ2) is 5.05. The zero-order valence-electron chi connectivity index (χ0n) is 10.5. The number of hydrogen-bond acceptors (Lipinski definition) is 2. The summed E-state index contributed by atoms with van der Waals surface area (Å²) in [5.41, 5.74) is -0.732. The van der Waals surface area contributed by atoms with E-state index in [4.69, 9.17) is 4.74 Å². The maximum atomic E-state index is 14.0. The zero-order chi connectivity index (χ0) is 12.3. The molecule has 0 saturated carbocycles. The van der Waals surface area contributed by atoms with Crippen molar-refractivity contribution in [2.45, 2.75) is 38.5 Å². The van der Waals surface area contributed by atoms with Gasteiger partial charge in [0.15, 0.2) is 0 Å². The number of para-hydroxylation sites is 1. The van der Waals surface area contributed by atoms with Gasteiger partial charge in [0.05, 0.1) is 0 Å². The summed E-state index contributed by atoms with van der Waals surface area (Å²) < 4.78 is 20.0. The van der Waals surface area contributed by atoms with Gasteiger partial charge in [-0.2, -0.15) is 0 Å². The molecule has 1 aromatic carbocycles. The Morgan fingerprint density at radius 2 is 2.12 bits per heavy atom. The maximum Gasteiger partial charge on any atom is 0.134 e. The molecule has 1 fully saturated rings. The molecule has 94 valence electrons. The third kappa shape index (κ3) is 3.19. The van der Waals surface area contributed by atoms with Crippen LogP contribution in [0.1, 0.15) is 32.3 Å². The Kier molecular flexibility index (Phi) is 3.67. The Morgan fingerprint density at radius 1 is 1.35 bits per heavy atom. The van der Waals surface area contributed by atoms with Crippen molar-refractivity contribution in [3.8, 4) is 5.75 Å². The van der Waals surface area contributed by atoms with Crippen LogP contribution in [0.4, 0.5) is 4.39 Å². The van der Waals surface area contributed by atoms with Gasteiger partial charge in [0.2, 0.25) is 0 Å². The smallest absolute Gasteiger partial charge is 0.134 e. The standard InChI is InChI=1S/C14H20FNO/c1-14(2,15)12-7-3-4-8-13(12)17-11-6-5-9-16-10-11/h3-4,7-8,11,16H,5-6,9-10H2,1-2H3. The van der Waals surface area contributed by atoms with Gasteiger partial charge in [-0.3, -0.25) is 0 Å². The van der Waals surface area contributed by atoms with Gasteiger partial charge in [0.1, 0.15) is 17.5 Å². The third-order valence-corrected chi connectivity index (χ3v) is 3.07. The van der Waals surface area contributed by atoms with Crippen LogP contribution in [0.3, 0.4) is 0 Å². The van der Waals surface area contributed by atoms with E-state index in [0.717, 1.165) is 25.9 Å². The van der Waals surface area contributed by atoms with Crippen LogP contribution in [0.5, 0.6) is 5.75 Å². The van der Waals surface area contributed by atoms with Gasteiger partial charge in [0.25, 0.3) is 0 Å². The topological polar surface area (TPSA) is 21.3 Å². The molecule has 1 unspecified atom stereocenters. The molecule has 2 nitrogen and oxygen atoms in total. The van der Waals surface area contributed by atoms with E-state index in [1.807, 2.05) is 18.2 Å². The molecule has 1 N–H and O–H groups in total. The minimum Gasteiger partial charge on any atom is -0.489 e. The molecule has 0 spiro atoms. The summed E-state index contributed by atoms with van der Waals surface area (Å²) in [6.07, 6.45) is 2.31. The molecule has 1 aliphatic heterocycles. The fourth-order valence-corrected chi connectivity index (χ4v) is 2.16. The van der Waals surface area contributed by atoms with E-state index in [2.05, 4.69) is 5.32 Å². The van der Waals surface area contributed by atoms with Gasteiger partial charge in [-0.05, 0) is 39.3 Å². The van der Waals surface area contributed by atoms with Crippen molar-refractivity contribution in [2.24, 2.45) is 0 Å². The number of halogens is 1. The molecule has 1 aromatic rings. The van der Waals surface area contributed by atoms with Crippen molar-refractivity contribution in [3.63, 3.8) is 0 Å². The molecule has 1 aliphatic rings. The van der Waals surface area contributed by atoms with E-state index in [1.165, 1.54) is 0 Å². The predicted molar refractivity (Wildman–Crippen MR) is 67.1 cm³/mol. The van der Waals surface area contributed by atoms with Crippen molar-refractivity contribution in [1.82, 2.24) is 5.32 Å². The van der Waals surface area contributed by atoms with Crippen molar-refractivity contribution >= 4 is 0 Å². The number of nitrogens with one attached hydrogen (secondary N) is 1. The van der Waals surface area contributed by atoms with Crippen molar-refractivity contribution < 1.29 is 9.13 Å². The van der Waals surface area contributed by atoms with Crippen LogP contribution in [0.2, 0.25) is 0 Å². The number of ether oxygens (including phenoxy) is 1. The van der Waals surface area contributed by atoms with Gasteiger partial charge in [0, 0.05) is 12.1 Å². The van der Waals surface area contributed by atoms with Gasteiger partial charge in [-0.25, -0.2) is 4.39 Å². The van der Waals surface area contributed by atoms with E-state index in [-0.39, 0.29) is 6.10 Å². The summed E-state index contributed by atoms with van der Waals surface area (Å²) in [6.45, 7) is 5.03. The monoisotopic (exact) mass is 237 g/mol. The molecule has 3 heteroatoms. The summed E-state index contributed by atoms with van der Waals surface area (Å²) in [6, 6.07) is 7.39. The highest BCUT2D eigenvalue weighted by atomic mass is 19.1. The minimum absolute atomic E-state index is 0.159. The quantitative estimate of drug-likeness (QED) is 0.872. The van der Waals surface area contributed by atoms with Crippen LogP contribution in [0.15, 0.2) is 24.3 Å². The lowest BCUT2D eigenvalue weighted by Crippen LogP contribution is -2.37. The molecule has 0 aromatic heterocycles. The first kappa shape index (κ1) is 12.4. The van der Waals surface area contributed by atoms with Crippen molar-refractivity contribution in [2.75, 3.05) is 13.1 Å². The predicted octanol–water partition coefficient (Wildman–Crippen LogP) is 3.02. The van der Waals surface area contributed by atoms with E-state index < -0.39 is 5.67 Å². The molecule has 17 heavy (non-hydrogen) atoms. The van der Waals surface area contributed by atoms with Gasteiger partial charge in [-0.15, -0.1) is 0 Å². The SMILES string of the molecule is CC(C)(F)c1ccccc1OC1CCCNC1. The van der Waals surface area contributed by atoms with Crippen LogP contribution in [0.25, 0.3) is 0 Å². The molecule has 0 bridgehead atoms. The Balaban J connectivity index is 2.14. The first-order chi connectivity index (χ1) is 8.07. The molecule has 1 heterocycles. The number of hydrogen-bond donors (Lipinski definition) is 1. The fraction of sp³-hybridized carbons (Fsp3) is 0.571. The molecule has 1 saturated heterocycles.